The molecule has 0 amide bonds. The van der Waals surface area contributed by atoms with Crippen LogP contribution in [0.1, 0.15) is 61.8 Å². The Morgan fingerprint density at radius 3 is 2.35 bits per heavy atom. The van der Waals surface area contributed by atoms with Gasteiger partial charge in [0.25, 0.3) is 0 Å². The average molecular weight is 416 g/mol. The number of fused-ring (bicyclic) bond motifs is 2. The maximum absolute atomic E-state index is 11.6. The van der Waals surface area contributed by atoms with Crippen LogP contribution in [-0.4, -0.2) is 35.2 Å². The molecule has 3 aliphatic rings. The van der Waals surface area contributed by atoms with Crippen molar-refractivity contribution in [1.29, 1.82) is 0 Å². The van der Waals surface area contributed by atoms with Crippen molar-refractivity contribution in [3.8, 4) is 17.6 Å². The van der Waals surface area contributed by atoms with Gasteiger partial charge in [0.1, 0.15) is 5.75 Å². The molecule has 4 heteroatoms. The number of carboxylic acid groups (broad SMARTS) is 1. The van der Waals surface area contributed by atoms with Crippen molar-refractivity contribution < 1.29 is 14.6 Å². The lowest BCUT2D eigenvalue weighted by atomic mass is 9.85. The van der Waals surface area contributed by atoms with Gasteiger partial charge >= 0.3 is 5.97 Å². The van der Waals surface area contributed by atoms with E-state index < -0.39 is 11.4 Å². The first kappa shape index (κ1) is 20.2. The smallest absolute Gasteiger partial charge is 0.310 e. The van der Waals surface area contributed by atoms with E-state index in [-0.39, 0.29) is 11.5 Å². The van der Waals surface area contributed by atoms with Crippen molar-refractivity contribution in [2.45, 2.75) is 57.6 Å². The van der Waals surface area contributed by atoms with E-state index in [4.69, 9.17) is 4.74 Å². The molecular weight excluding hydrogens is 386 g/mol. The first-order valence-corrected chi connectivity index (χ1v) is 11.3. The number of hydrogen-bond acceptors (Lipinski definition) is 3. The van der Waals surface area contributed by atoms with Gasteiger partial charge in [-0.05, 0) is 87.1 Å². The first-order valence-electron chi connectivity index (χ1n) is 11.3. The zero-order valence-corrected chi connectivity index (χ0v) is 18.3. The van der Waals surface area contributed by atoms with Crippen LogP contribution in [0, 0.1) is 17.3 Å². The summed E-state index contributed by atoms with van der Waals surface area (Å²) < 4.78 is 5.70. The van der Waals surface area contributed by atoms with E-state index in [2.05, 4.69) is 34.9 Å². The molecule has 0 unspecified atom stereocenters. The van der Waals surface area contributed by atoms with Crippen LogP contribution in [0.5, 0.6) is 5.75 Å². The summed E-state index contributed by atoms with van der Waals surface area (Å²) in [6.45, 7) is 6.54. The largest absolute Gasteiger partial charge is 0.491 e. The number of carbonyl (C=O) groups is 1. The minimum atomic E-state index is -0.627. The number of carboxylic acids is 1. The van der Waals surface area contributed by atoms with Crippen LogP contribution in [0.4, 0.5) is 0 Å². The lowest BCUT2D eigenvalue weighted by Crippen LogP contribution is -2.42. The fourth-order valence-electron chi connectivity index (χ4n) is 4.84. The van der Waals surface area contributed by atoms with Crippen molar-refractivity contribution in [2.24, 2.45) is 5.41 Å². The van der Waals surface area contributed by atoms with Crippen LogP contribution in [-0.2, 0) is 16.8 Å². The number of nitrogens with zero attached hydrogens (tertiary/aromatic N) is 1. The van der Waals surface area contributed by atoms with Crippen LogP contribution < -0.4 is 4.74 Å². The SMILES string of the molecule is CC(C)Oc1ccc(C#Cc2ccc3c(c2)C2(CC2)CN(CC2(C(=O)O)CC2)C3)cc1. The molecule has 0 aromatic heterocycles. The Bertz CT molecular complexity index is 1070. The Morgan fingerprint density at radius 1 is 1.06 bits per heavy atom. The maximum atomic E-state index is 11.6. The monoisotopic (exact) mass is 415 g/mol. The standard InChI is InChI=1S/C27H29NO3/c1-19(2)31-23-9-6-20(7-10-23)3-4-21-5-8-22-16-28(18-27(13-14-27)25(29)30)17-26(11-12-26)24(22)15-21/h5-10,15,19H,11-14,16-18H2,1-2H3,(H,29,30). The highest BCUT2D eigenvalue weighted by Gasteiger charge is 2.54. The summed E-state index contributed by atoms with van der Waals surface area (Å²) in [7, 11) is 0. The fraction of sp³-hybridized carbons (Fsp3) is 0.444. The van der Waals surface area contributed by atoms with Gasteiger partial charge in [-0.15, -0.1) is 0 Å². The van der Waals surface area contributed by atoms with Crippen LogP contribution in [0.15, 0.2) is 42.5 Å². The predicted octanol–water partition coefficient (Wildman–Crippen LogP) is 4.59. The molecular formula is C27H29NO3. The van der Waals surface area contributed by atoms with Crippen molar-refractivity contribution in [3.05, 3.63) is 64.7 Å². The van der Waals surface area contributed by atoms with Crippen LogP contribution >= 0.6 is 0 Å². The lowest BCUT2D eigenvalue weighted by Gasteiger charge is -2.36. The molecule has 0 atom stereocenters. The van der Waals surface area contributed by atoms with Crippen molar-refractivity contribution in [1.82, 2.24) is 4.90 Å². The molecule has 1 heterocycles. The van der Waals surface area contributed by atoms with E-state index in [1.807, 2.05) is 38.1 Å². The van der Waals surface area contributed by atoms with E-state index in [0.29, 0.717) is 6.54 Å². The normalized spacial score (nSPS) is 20.0. The molecule has 5 rings (SSSR count). The molecule has 2 aromatic carbocycles. The van der Waals surface area contributed by atoms with Crippen LogP contribution in [0.3, 0.4) is 0 Å². The second-order valence-corrected chi connectivity index (χ2v) is 9.82. The van der Waals surface area contributed by atoms with E-state index in [0.717, 1.165) is 42.8 Å². The number of benzene rings is 2. The van der Waals surface area contributed by atoms with Crippen LogP contribution in [0.2, 0.25) is 0 Å². The predicted molar refractivity (Wildman–Crippen MR) is 120 cm³/mol. The third-order valence-electron chi connectivity index (χ3n) is 6.87. The van der Waals surface area contributed by atoms with Crippen LogP contribution in [0.25, 0.3) is 0 Å². The Balaban J connectivity index is 1.33. The second-order valence-electron chi connectivity index (χ2n) is 9.82. The summed E-state index contributed by atoms with van der Waals surface area (Å²) in [5.41, 5.74) is 4.50. The highest BCUT2D eigenvalue weighted by atomic mass is 16.5. The molecule has 160 valence electrons. The third-order valence-corrected chi connectivity index (χ3v) is 6.87. The van der Waals surface area contributed by atoms with Gasteiger partial charge in [0.2, 0.25) is 0 Å². The molecule has 2 fully saturated rings. The van der Waals surface area contributed by atoms with Gasteiger partial charge in [0, 0.05) is 36.2 Å². The van der Waals surface area contributed by atoms with E-state index in [1.54, 1.807) is 0 Å². The van der Waals surface area contributed by atoms with Crippen molar-refractivity contribution >= 4 is 5.97 Å². The molecule has 1 spiro atoms. The van der Waals surface area contributed by atoms with Gasteiger partial charge in [0.15, 0.2) is 0 Å². The fourth-order valence-corrected chi connectivity index (χ4v) is 4.84. The summed E-state index contributed by atoms with van der Waals surface area (Å²) in [5.74, 6) is 6.84. The van der Waals surface area contributed by atoms with Gasteiger partial charge in [-0.25, -0.2) is 0 Å². The molecule has 2 saturated carbocycles. The van der Waals surface area contributed by atoms with E-state index >= 15 is 0 Å². The Hall–Kier alpha value is -2.77. The maximum Gasteiger partial charge on any atom is 0.310 e. The van der Waals surface area contributed by atoms with Gasteiger partial charge < -0.3 is 9.84 Å². The third kappa shape index (κ3) is 4.07. The zero-order chi connectivity index (χ0) is 21.6. The van der Waals surface area contributed by atoms with Gasteiger partial charge in [-0.2, -0.15) is 0 Å². The van der Waals surface area contributed by atoms with E-state index in [1.165, 1.54) is 24.0 Å². The summed E-state index contributed by atoms with van der Waals surface area (Å²) >= 11 is 0. The summed E-state index contributed by atoms with van der Waals surface area (Å²) in [6, 6.07) is 14.5. The van der Waals surface area contributed by atoms with Gasteiger partial charge in [-0.1, -0.05) is 17.9 Å². The average Bonchev–Trinajstić information content (AvgIpc) is 3.66. The first-order chi connectivity index (χ1) is 14.9. The Kier molecular flexibility index (Phi) is 4.83. The highest BCUT2D eigenvalue weighted by molar-refractivity contribution is 5.78. The lowest BCUT2D eigenvalue weighted by molar-refractivity contribution is -0.144. The molecule has 2 aliphatic carbocycles. The summed E-state index contributed by atoms with van der Waals surface area (Å²) in [4.78, 5) is 14.0. The Labute approximate surface area is 184 Å². The number of hydrogen-bond donors (Lipinski definition) is 1. The minimum Gasteiger partial charge on any atom is -0.491 e. The van der Waals surface area contributed by atoms with Gasteiger partial charge in [-0.3, -0.25) is 9.69 Å². The minimum absolute atomic E-state index is 0.164. The zero-order valence-electron chi connectivity index (χ0n) is 18.3. The molecule has 2 aromatic rings. The second kappa shape index (κ2) is 7.43. The van der Waals surface area contributed by atoms with Gasteiger partial charge in [0.05, 0.1) is 11.5 Å². The molecule has 0 saturated heterocycles. The summed E-state index contributed by atoms with van der Waals surface area (Å²) in [5, 5.41) is 9.57. The molecule has 31 heavy (non-hydrogen) atoms. The molecule has 1 aliphatic heterocycles. The van der Waals surface area contributed by atoms with E-state index in [9.17, 15) is 9.90 Å². The molecule has 0 radical (unpaired) electrons. The quantitative estimate of drug-likeness (QED) is 0.726. The molecule has 1 N–H and O–H groups in total. The molecule has 0 bridgehead atoms. The number of ether oxygens (including phenoxy) is 1. The number of aliphatic carboxylic acids is 1. The van der Waals surface area contributed by atoms with Crippen molar-refractivity contribution in [2.75, 3.05) is 13.1 Å². The Morgan fingerprint density at radius 2 is 1.74 bits per heavy atom. The molecule has 4 nitrogen and oxygen atoms in total. The number of rotatable bonds is 5. The van der Waals surface area contributed by atoms with Crippen molar-refractivity contribution in [3.63, 3.8) is 0 Å². The highest BCUT2D eigenvalue weighted by Crippen LogP contribution is 2.54. The topological polar surface area (TPSA) is 49.8 Å². The summed E-state index contributed by atoms with van der Waals surface area (Å²) in [6.07, 6.45) is 4.17.